The molecule has 2 aromatic carbocycles. The Balaban J connectivity index is 1.86. The summed E-state index contributed by atoms with van der Waals surface area (Å²) in [5.74, 6) is -0.196. The number of thiazole rings is 1. The van der Waals surface area contributed by atoms with Crippen LogP contribution in [0.1, 0.15) is 18.1 Å². The van der Waals surface area contributed by atoms with Crippen molar-refractivity contribution in [2.24, 2.45) is 12.0 Å². The van der Waals surface area contributed by atoms with E-state index in [2.05, 4.69) is 4.99 Å². The molecule has 0 radical (unpaired) electrons. The molecule has 26 heavy (non-hydrogen) atoms. The van der Waals surface area contributed by atoms with Gasteiger partial charge in [-0.2, -0.15) is 4.99 Å². The Kier molecular flexibility index (Phi) is 5.11. The lowest BCUT2D eigenvalue weighted by molar-refractivity contribution is -0.117. The molecule has 0 N–H and O–H groups in total. The number of carbonyl (C=O) groups excluding carboxylic acids is 1. The molecule has 7 heteroatoms. The molecule has 0 aliphatic heterocycles. The Bertz CT molecular complexity index is 1140. The topological polar surface area (TPSA) is 68.5 Å². The van der Waals surface area contributed by atoms with Crippen LogP contribution in [0.2, 0.25) is 0 Å². The van der Waals surface area contributed by atoms with Crippen molar-refractivity contribution in [1.82, 2.24) is 4.57 Å². The van der Waals surface area contributed by atoms with Gasteiger partial charge in [-0.3, -0.25) is 4.79 Å². The summed E-state index contributed by atoms with van der Waals surface area (Å²) in [7, 11) is -1.32. The standard InChI is InChI=1S/C19H20N2O3S2/c1-4-26(23,24)15-10-8-14(9-11-15)12-17(22)20-19-21(3)18-13(2)6-5-7-16(18)25-19/h5-11H,4,12H2,1-3H3. The minimum Gasteiger partial charge on any atom is -0.319 e. The summed E-state index contributed by atoms with van der Waals surface area (Å²) in [6.07, 6.45) is 0.139. The molecular weight excluding hydrogens is 368 g/mol. The second-order valence-corrected chi connectivity index (χ2v) is 9.38. The SMILES string of the molecule is CCS(=O)(=O)c1ccc(CC(=O)N=c2sc3cccc(C)c3n2C)cc1. The molecule has 136 valence electrons. The van der Waals surface area contributed by atoms with Crippen LogP contribution in [0.15, 0.2) is 52.4 Å². The Labute approximate surface area is 156 Å². The lowest BCUT2D eigenvalue weighted by Gasteiger charge is -2.03. The minimum atomic E-state index is -3.23. The van der Waals surface area contributed by atoms with Crippen LogP contribution in [0, 0.1) is 6.92 Å². The van der Waals surface area contributed by atoms with Gasteiger partial charge in [0.25, 0.3) is 5.91 Å². The van der Waals surface area contributed by atoms with Gasteiger partial charge in [-0.15, -0.1) is 0 Å². The van der Waals surface area contributed by atoms with Gasteiger partial charge >= 0.3 is 0 Å². The number of aryl methyl sites for hydroxylation is 2. The molecule has 1 aromatic heterocycles. The summed E-state index contributed by atoms with van der Waals surface area (Å²) in [6.45, 7) is 3.64. The van der Waals surface area contributed by atoms with E-state index in [4.69, 9.17) is 0 Å². The van der Waals surface area contributed by atoms with Crippen LogP contribution in [-0.2, 0) is 28.1 Å². The Hall–Kier alpha value is -2.25. The maximum Gasteiger partial charge on any atom is 0.252 e. The first-order valence-electron chi connectivity index (χ1n) is 8.26. The van der Waals surface area contributed by atoms with E-state index in [1.807, 2.05) is 36.7 Å². The summed E-state index contributed by atoms with van der Waals surface area (Å²) in [4.78, 5) is 17.5. The van der Waals surface area contributed by atoms with Gasteiger partial charge < -0.3 is 4.57 Å². The number of carbonyl (C=O) groups is 1. The molecule has 0 saturated carbocycles. The molecular formula is C19H20N2O3S2. The molecule has 0 spiro atoms. The fourth-order valence-electron chi connectivity index (χ4n) is 2.81. The third-order valence-corrected chi connectivity index (χ3v) is 7.11. The van der Waals surface area contributed by atoms with E-state index in [1.165, 1.54) is 11.3 Å². The predicted molar refractivity (Wildman–Crippen MR) is 104 cm³/mol. The van der Waals surface area contributed by atoms with Crippen molar-refractivity contribution in [3.8, 4) is 0 Å². The van der Waals surface area contributed by atoms with E-state index in [-0.39, 0.29) is 23.0 Å². The second kappa shape index (κ2) is 7.17. The largest absolute Gasteiger partial charge is 0.319 e. The normalized spacial score (nSPS) is 12.7. The van der Waals surface area contributed by atoms with Crippen molar-refractivity contribution in [3.05, 3.63) is 58.4 Å². The Morgan fingerprint density at radius 2 is 1.85 bits per heavy atom. The molecule has 5 nitrogen and oxygen atoms in total. The van der Waals surface area contributed by atoms with Gasteiger partial charge in [0.05, 0.1) is 27.3 Å². The molecule has 1 heterocycles. The average molecular weight is 389 g/mol. The number of para-hydroxylation sites is 1. The summed E-state index contributed by atoms with van der Waals surface area (Å²) in [5, 5.41) is 0. The second-order valence-electron chi connectivity index (χ2n) is 6.09. The summed E-state index contributed by atoms with van der Waals surface area (Å²) >= 11 is 1.48. The van der Waals surface area contributed by atoms with E-state index in [9.17, 15) is 13.2 Å². The number of rotatable bonds is 4. The smallest absolute Gasteiger partial charge is 0.252 e. The lowest BCUT2D eigenvalue weighted by atomic mass is 10.1. The van der Waals surface area contributed by atoms with Gasteiger partial charge in [0.2, 0.25) is 0 Å². The van der Waals surface area contributed by atoms with E-state index < -0.39 is 9.84 Å². The van der Waals surface area contributed by atoms with E-state index in [0.717, 1.165) is 21.3 Å². The van der Waals surface area contributed by atoms with Crippen LogP contribution in [0.5, 0.6) is 0 Å². The van der Waals surface area contributed by atoms with Gasteiger partial charge in [-0.05, 0) is 36.2 Å². The molecule has 3 rings (SSSR count). The zero-order valence-corrected chi connectivity index (χ0v) is 16.5. The molecule has 0 saturated heterocycles. The third-order valence-electron chi connectivity index (χ3n) is 4.26. The van der Waals surface area contributed by atoms with E-state index >= 15 is 0 Å². The highest BCUT2D eigenvalue weighted by Crippen LogP contribution is 2.20. The van der Waals surface area contributed by atoms with Crippen LogP contribution in [0.4, 0.5) is 0 Å². The molecule has 1 amide bonds. The minimum absolute atomic E-state index is 0.0580. The van der Waals surface area contributed by atoms with Gasteiger partial charge in [0.1, 0.15) is 0 Å². The lowest BCUT2D eigenvalue weighted by Crippen LogP contribution is -2.14. The molecule has 3 aromatic rings. The fourth-order valence-corrected chi connectivity index (χ4v) is 4.80. The van der Waals surface area contributed by atoms with Crippen LogP contribution >= 0.6 is 11.3 Å². The van der Waals surface area contributed by atoms with Crippen LogP contribution in [0.3, 0.4) is 0 Å². The molecule has 0 aliphatic carbocycles. The number of hydrogen-bond acceptors (Lipinski definition) is 4. The Morgan fingerprint density at radius 3 is 2.46 bits per heavy atom. The van der Waals surface area contributed by atoms with Gasteiger partial charge in [-0.25, -0.2) is 8.42 Å². The van der Waals surface area contributed by atoms with Gasteiger partial charge in [0, 0.05) is 7.05 Å². The number of hydrogen-bond donors (Lipinski definition) is 0. The number of amides is 1. The van der Waals surface area contributed by atoms with Crippen LogP contribution < -0.4 is 4.80 Å². The van der Waals surface area contributed by atoms with Crippen molar-refractivity contribution < 1.29 is 13.2 Å². The van der Waals surface area contributed by atoms with Gasteiger partial charge in [-0.1, -0.05) is 42.5 Å². The molecule has 0 fully saturated rings. The maximum absolute atomic E-state index is 12.3. The monoisotopic (exact) mass is 388 g/mol. The molecule has 0 aliphatic rings. The maximum atomic E-state index is 12.3. The zero-order chi connectivity index (χ0) is 18.9. The first-order chi connectivity index (χ1) is 12.3. The van der Waals surface area contributed by atoms with Crippen molar-refractivity contribution in [2.45, 2.75) is 25.2 Å². The summed E-state index contributed by atoms with van der Waals surface area (Å²) < 4.78 is 26.7. The first kappa shape index (κ1) is 18.5. The number of aromatic nitrogens is 1. The van der Waals surface area contributed by atoms with Crippen molar-refractivity contribution in [3.63, 3.8) is 0 Å². The molecule has 0 atom stereocenters. The van der Waals surface area contributed by atoms with E-state index in [1.54, 1.807) is 31.2 Å². The van der Waals surface area contributed by atoms with Crippen molar-refractivity contribution in [2.75, 3.05) is 5.75 Å². The number of nitrogens with zero attached hydrogens (tertiary/aromatic N) is 2. The number of benzene rings is 2. The molecule has 0 bridgehead atoms. The fraction of sp³-hybridized carbons (Fsp3) is 0.263. The number of sulfone groups is 1. The number of fused-ring (bicyclic) bond motifs is 1. The summed E-state index contributed by atoms with van der Waals surface area (Å²) in [6, 6.07) is 12.5. The highest BCUT2D eigenvalue weighted by atomic mass is 32.2. The zero-order valence-electron chi connectivity index (χ0n) is 14.9. The average Bonchev–Trinajstić information content (AvgIpc) is 2.92. The quantitative estimate of drug-likeness (QED) is 0.690. The van der Waals surface area contributed by atoms with Crippen molar-refractivity contribution >= 4 is 37.3 Å². The summed E-state index contributed by atoms with van der Waals surface area (Å²) in [5.41, 5.74) is 2.97. The van der Waals surface area contributed by atoms with Crippen molar-refractivity contribution in [1.29, 1.82) is 0 Å². The van der Waals surface area contributed by atoms with Crippen LogP contribution in [0.25, 0.3) is 10.2 Å². The molecule has 0 unspecified atom stereocenters. The van der Waals surface area contributed by atoms with Gasteiger partial charge in [0.15, 0.2) is 14.6 Å². The highest BCUT2D eigenvalue weighted by Gasteiger charge is 2.12. The first-order valence-corrected chi connectivity index (χ1v) is 10.7. The Morgan fingerprint density at radius 1 is 1.15 bits per heavy atom. The van der Waals surface area contributed by atoms with Crippen LogP contribution in [-0.4, -0.2) is 24.6 Å². The highest BCUT2D eigenvalue weighted by molar-refractivity contribution is 7.91. The predicted octanol–water partition coefficient (Wildman–Crippen LogP) is 3.01. The third kappa shape index (κ3) is 3.64. The van der Waals surface area contributed by atoms with E-state index in [0.29, 0.717) is 4.80 Å².